The van der Waals surface area contributed by atoms with E-state index in [0.29, 0.717) is 10.8 Å². The summed E-state index contributed by atoms with van der Waals surface area (Å²) in [6, 6.07) is 5.69. The third-order valence-corrected chi connectivity index (χ3v) is 8.55. The average molecular weight is 348 g/mol. The van der Waals surface area contributed by atoms with Gasteiger partial charge in [-0.05, 0) is 99.7 Å². The molecule has 0 amide bonds. The van der Waals surface area contributed by atoms with Crippen molar-refractivity contribution in [3.05, 3.63) is 29.3 Å². The van der Waals surface area contributed by atoms with Crippen LogP contribution in [-0.4, -0.2) is 14.5 Å². The van der Waals surface area contributed by atoms with E-state index >= 15 is 0 Å². The van der Waals surface area contributed by atoms with Crippen molar-refractivity contribution in [3.8, 4) is 0 Å². The van der Waals surface area contributed by atoms with Crippen molar-refractivity contribution in [2.75, 3.05) is 0 Å². The highest BCUT2D eigenvalue weighted by Crippen LogP contribution is 2.57. The van der Waals surface area contributed by atoms with E-state index in [-0.39, 0.29) is 6.04 Å². The lowest BCUT2D eigenvalue weighted by atomic mass is 9.51. The molecule has 1 aromatic rings. The summed E-state index contributed by atoms with van der Waals surface area (Å²) in [4.78, 5) is 0.443. The molecule has 1 aromatic carbocycles. The molecule has 0 unspecified atom stereocenters. The van der Waals surface area contributed by atoms with Gasteiger partial charge in [0.15, 0.2) is 0 Å². The molecule has 0 radical (unpaired) electrons. The standard InChI is InChI=1S/C20H29NO2S/c1-12-4-5-13(2)19(6-12)24(22,23)21-14(3)20-17-8-15-7-16(10-17)11-18(20)9-15/h4-6,14-18,20-21H,7-11H2,1-3H3/t14-,15?,16?,17?,18?,20?/m1/s1. The third-order valence-electron chi connectivity index (χ3n) is 6.85. The monoisotopic (exact) mass is 347 g/mol. The fraction of sp³-hybridized carbons (Fsp3) is 0.700. The van der Waals surface area contributed by atoms with Crippen molar-refractivity contribution in [1.29, 1.82) is 0 Å². The molecule has 0 spiro atoms. The van der Waals surface area contributed by atoms with E-state index in [1.54, 1.807) is 6.07 Å². The van der Waals surface area contributed by atoms with Crippen LogP contribution in [0.15, 0.2) is 23.1 Å². The van der Waals surface area contributed by atoms with E-state index in [4.69, 9.17) is 0 Å². The average Bonchev–Trinajstić information content (AvgIpc) is 2.48. The van der Waals surface area contributed by atoms with E-state index in [1.807, 2.05) is 26.0 Å². The largest absolute Gasteiger partial charge is 0.241 e. The molecular formula is C20H29NO2S. The number of rotatable bonds is 4. The summed E-state index contributed by atoms with van der Waals surface area (Å²) in [6.07, 6.45) is 6.74. The highest BCUT2D eigenvalue weighted by molar-refractivity contribution is 7.89. The molecule has 4 aliphatic rings. The Labute approximate surface area is 146 Å². The highest BCUT2D eigenvalue weighted by Gasteiger charge is 2.50. The first-order valence-electron chi connectivity index (χ1n) is 9.43. The number of nitrogens with one attached hydrogen (secondary N) is 1. The van der Waals surface area contributed by atoms with Crippen LogP contribution in [-0.2, 0) is 10.0 Å². The fourth-order valence-electron chi connectivity index (χ4n) is 6.17. The predicted molar refractivity (Wildman–Crippen MR) is 96.2 cm³/mol. The number of benzene rings is 1. The maximum absolute atomic E-state index is 12.9. The molecule has 0 aromatic heterocycles. The summed E-state index contributed by atoms with van der Waals surface area (Å²) in [5.41, 5.74) is 1.81. The number of hydrogen-bond acceptors (Lipinski definition) is 2. The lowest BCUT2D eigenvalue weighted by Gasteiger charge is -2.56. The van der Waals surface area contributed by atoms with E-state index in [9.17, 15) is 8.42 Å². The van der Waals surface area contributed by atoms with E-state index in [2.05, 4.69) is 11.6 Å². The predicted octanol–water partition coefficient (Wildman–Crippen LogP) is 4.04. The summed E-state index contributed by atoms with van der Waals surface area (Å²) >= 11 is 0. The van der Waals surface area contributed by atoms with Gasteiger partial charge in [0.2, 0.25) is 10.0 Å². The van der Waals surface area contributed by atoms with Gasteiger partial charge in [-0.3, -0.25) is 0 Å². The van der Waals surface area contributed by atoms with Crippen LogP contribution >= 0.6 is 0 Å². The van der Waals surface area contributed by atoms with Crippen molar-refractivity contribution >= 4 is 10.0 Å². The van der Waals surface area contributed by atoms with Gasteiger partial charge in [-0.2, -0.15) is 0 Å². The Bertz CT molecular complexity index is 712. The second-order valence-corrected chi connectivity index (χ2v) is 10.4. The van der Waals surface area contributed by atoms with Gasteiger partial charge in [-0.25, -0.2) is 13.1 Å². The van der Waals surface area contributed by atoms with Gasteiger partial charge >= 0.3 is 0 Å². The molecule has 0 saturated heterocycles. The van der Waals surface area contributed by atoms with Gasteiger partial charge in [0.1, 0.15) is 0 Å². The Hall–Kier alpha value is -0.870. The Morgan fingerprint density at radius 3 is 2.17 bits per heavy atom. The molecule has 4 saturated carbocycles. The van der Waals surface area contributed by atoms with Crippen LogP contribution in [0.5, 0.6) is 0 Å². The number of hydrogen-bond donors (Lipinski definition) is 1. The Kier molecular flexibility index (Phi) is 4.04. The minimum atomic E-state index is -3.45. The fourth-order valence-corrected chi connectivity index (χ4v) is 7.77. The lowest BCUT2D eigenvalue weighted by molar-refractivity contribution is -0.0463. The maximum atomic E-state index is 12.9. The minimum Gasteiger partial charge on any atom is -0.208 e. The molecule has 0 aliphatic heterocycles. The van der Waals surface area contributed by atoms with E-state index in [0.717, 1.165) is 34.8 Å². The van der Waals surface area contributed by atoms with Gasteiger partial charge in [-0.15, -0.1) is 0 Å². The molecule has 5 rings (SSSR count). The molecule has 4 heteroatoms. The zero-order valence-corrected chi connectivity index (χ0v) is 15.8. The number of aryl methyl sites for hydroxylation is 2. The van der Waals surface area contributed by atoms with Gasteiger partial charge in [0.25, 0.3) is 0 Å². The second-order valence-electron chi connectivity index (χ2n) is 8.69. The van der Waals surface area contributed by atoms with Crippen LogP contribution in [0.4, 0.5) is 0 Å². The van der Waals surface area contributed by atoms with Crippen molar-refractivity contribution in [3.63, 3.8) is 0 Å². The van der Waals surface area contributed by atoms with E-state index < -0.39 is 10.0 Å². The summed E-state index contributed by atoms with van der Waals surface area (Å²) in [5, 5.41) is 0. The zero-order valence-electron chi connectivity index (χ0n) is 15.0. The van der Waals surface area contributed by atoms with Gasteiger partial charge in [0.05, 0.1) is 4.90 Å². The third kappa shape index (κ3) is 2.82. The van der Waals surface area contributed by atoms with Crippen LogP contribution in [0.1, 0.15) is 50.2 Å². The normalized spacial score (nSPS) is 36.0. The highest BCUT2D eigenvalue weighted by atomic mass is 32.2. The molecule has 1 N–H and O–H groups in total. The number of sulfonamides is 1. The van der Waals surface area contributed by atoms with Gasteiger partial charge in [0, 0.05) is 6.04 Å². The molecule has 3 nitrogen and oxygen atoms in total. The molecule has 24 heavy (non-hydrogen) atoms. The topological polar surface area (TPSA) is 46.2 Å². The van der Waals surface area contributed by atoms with Crippen LogP contribution in [0.3, 0.4) is 0 Å². The first-order valence-corrected chi connectivity index (χ1v) is 10.9. The van der Waals surface area contributed by atoms with Crippen LogP contribution in [0.25, 0.3) is 0 Å². The smallest absolute Gasteiger partial charge is 0.208 e. The van der Waals surface area contributed by atoms with Crippen LogP contribution in [0, 0.1) is 43.4 Å². The zero-order chi connectivity index (χ0) is 17.1. The summed E-state index contributed by atoms with van der Waals surface area (Å²) in [7, 11) is -3.45. The summed E-state index contributed by atoms with van der Waals surface area (Å²) < 4.78 is 28.9. The molecule has 4 fully saturated rings. The molecule has 4 aliphatic carbocycles. The lowest BCUT2D eigenvalue weighted by Crippen LogP contribution is -2.53. The van der Waals surface area contributed by atoms with Gasteiger partial charge in [-0.1, -0.05) is 12.1 Å². The van der Waals surface area contributed by atoms with Crippen molar-refractivity contribution < 1.29 is 8.42 Å². The molecular weight excluding hydrogens is 318 g/mol. The first-order chi connectivity index (χ1) is 11.3. The van der Waals surface area contributed by atoms with Crippen LogP contribution < -0.4 is 4.72 Å². The minimum absolute atomic E-state index is 0.0323. The Morgan fingerprint density at radius 2 is 1.58 bits per heavy atom. The Morgan fingerprint density at radius 1 is 1.00 bits per heavy atom. The second kappa shape index (κ2) is 5.84. The summed E-state index contributed by atoms with van der Waals surface area (Å²) in [6.45, 7) is 5.91. The SMILES string of the molecule is Cc1ccc(C)c(S(=O)(=O)N[C@H](C)C2C3CC4CC(C3)CC2C4)c1. The molecule has 1 atom stereocenters. The van der Waals surface area contributed by atoms with Crippen LogP contribution in [0.2, 0.25) is 0 Å². The molecule has 132 valence electrons. The van der Waals surface area contributed by atoms with Gasteiger partial charge < -0.3 is 0 Å². The van der Waals surface area contributed by atoms with Crippen molar-refractivity contribution in [2.45, 2.75) is 63.8 Å². The van der Waals surface area contributed by atoms with E-state index in [1.165, 1.54) is 32.1 Å². The summed E-state index contributed by atoms with van der Waals surface area (Å²) in [5.74, 6) is 3.84. The van der Waals surface area contributed by atoms with Crippen molar-refractivity contribution in [2.24, 2.45) is 29.6 Å². The first kappa shape index (κ1) is 16.6. The quantitative estimate of drug-likeness (QED) is 0.893. The maximum Gasteiger partial charge on any atom is 0.241 e. The van der Waals surface area contributed by atoms with Crippen molar-refractivity contribution in [1.82, 2.24) is 4.72 Å². The molecule has 4 bridgehead atoms. The Balaban J connectivity index is 1.55. The molecule has 0 heterocycles.